The van der Waals surface area contributed by atoms with Crippen LogP contribution in [0.25, 0.3) is 0 Å². The maximum absolute atomic E-state index is 11.2. The molecule has 0 aromatic rings. The van der Waals surface area contributed by atoms with Gasteiger partial charge in [-0.2, -0.15) is 0 Å². The van der Waals surface area contributed by atoms with E-state index in [1.165, 1.54) is 6.42 Å². The van der Waals surface area contributed by atoms with Crippen LogP contribution < -0.4 is 0 Å². The summed E-state index contributed by atoms with van der Waals surface area (Å²) < 4.78 is 0. The molecule has 0 aromatic heterocycles. The minimum atomic E-state index is -0.0703. The Balaban J connectivity index is 2.73. The van der Waals surface area contributed by atoms with Gasteiger partial charge in [0, 0.05) is 12.1 Å². The molecule has 0 saturated carbocycles. The van der Waals surface area contributed by atoms with E-state index in [2.05, 4.69) is 26.5 Å². The van der Waals surface area contributed by atoms with Crippen molar-refractivity contribution >= 4 is 17.9 Å². The largest absolute Gasteiger partial charge is 0.328 e. The number of amides is 1. The van der Waals surface area contributed by atoms with Crippen molar-refractivity contribution < 1.29 is 4.79 Å². The van der Waals surface area contributed by atoms with Gasteiger partial charge < -0.3 is 4.90 Å². The van der Waals surface area contributed by atoms with Gasteiger partial charge in [0.1, 0.15) is 0 Å². The van der Waals surface area contributed by atoms with Gasteiger partial charge in [0.15, 0.2) is 0 Å². The van der Waals surface area contributed by atoms with Gasteiger partial charge in [0.25, 0.3) is 5.24 Å². The Kier molecular flexibility index (Phi) is 3.04. The van der Waals surface area contributed by atoms with Crippen molar-refractivity contribution in [3.8, 4) is 0 Å². The van der Waals surface area contributed by atoms with Crippen LogP contribution in [0.5, 0.6) is 0 Å². The molecule has 0 spiro atoms. The van der Waals surface area contributed by atoms with Crippen molar-refractivity contribution in [2.45, 2.75) is 45.1 Å². The Morgan fingerprint density at radius 1 is 1.58 bits per heavy atom. The smallest absolute Gasteiger partial charge is 0.279 e. The second kappa shape index (κ2) is 3.69. The van der Waals surface area contributed by atoms with E-state index in [1.54, 1.807) is 0 Å². The van der Waals surface area contributed by atoms with Crippen molar-refractivity contribution in [1.29, 1.82) is 0 Å². The summed E-state index contributed by atoms with van der Waals surface area (Å²) in [6.07, 6.45) is 4.51. The van der Waals surface area contributed by atoms with Crippen LogP contribution >= 0.6 is 12.6 Å². The predicted octanol–water partition coefficient (Wildman–Crippen LogP) is 2.69. The van der Waals surface area contributed by atoms with Crippen molar-refractivity contribution in [2.75, 3.05) is 6.54 Å². The maximum atomic E-state index is 11.2. The molecule has 0 radical (unpaired) electrons. The standard InChI is InChI=1S/C9H17NOS/c1-3-9(2)6-4-5-7-10(9)8(11)12/h3-7H2,1-2H3,(H,11,12)/t9-/m0/s1. The summed E-state index contributed by atoms with van der Waals surface area (Å²) in [6.45, 7) is 5.17. The number of piperidine rings is 1. The molecule has 0 aliphatic carbocycles. The average molecular weight is 187 g/mol. The summed E-state index contributed by atoms with van der Waals surface area (Å²) in [4.78, 5) is 13.1. The molecule has 1 fully saturated rings. The quantitative estimate of drug-likeness (QED) is 0.626. The van der Waals surface area contributed by atoms with Crippen molar-refractivity contribution in [3.63, 3.8) is 0 Å². The van der Waals surface area contributed by atoms with Gasteiger partial charge in [0.2, 0.25) is 0 Å². The van der Waals surface area contributed by atoms with Crippen LogP contribution in [0.15, 0.2) is 0 Å². The lowest BCUT2D eigenvalue weighted by molar-refractivity contribution is 0.102. The fourth-order valence-electron chi connectivity index (χ4n) is 1.87. The highest BCUT2D eigenvalue weighted by atomic mass is 32.1. The zero-order chi connectivity index (χ0) is 9.19. The SMILES string of the molecule is CC[C@@]1(C)CCCCN1C(=O)S. The fraction of sp³-hybridized carbons (Fsp3) is 0.889. The van der Waals surface area contributed by atoms with E-state index < -0.39 is 0 Å². The van der Waals surface area contributed by atoms with Gasteiger partial charge in [-0.3, -0.25) is 4.79 Å². The van der Waals surface area contributed by atoms with E-state index in [0.29, 0.717) is 0 Å². The van der Waals surface area contributed by atoms with E-state index in [4.69, 9.17) is 0 Å². The molecule has 0 unspecified atom stereocenters. The Hall–Kier alpha value is -0.180. The number of carbonyl (C=O) groups excluding carboxylic acids is 1. The van der Waals surface area contributed by atoms with Gasteiger partial charge in [-0.1, -0.05) is 19.6 Å². The molecule has 1 saturated heterocycles. The highest BCUT2D eigenvalue weighted by Crippen LogP contribution is 2.31. The van der Waals surface area contributed by atoms with E-state index >= 15 is 0 Å². The highest BCUT2D eigenvalue weighted by Gasteiger charge is 2.34. The number of hydrogen-bond donors (Lipinski definition) is 1. The lowest BCUT2D eigenvalue weighted by Gasteiger charge is -2.43. The molecule has 1 rings (SSSR count). The van der Waals surface area contributed by atoms with E-state index in [0.717, 1.165) is 25.8 Å². The highest BCUT2D eigenvalue weighted by molar-refractivity contribution is 7.96. The van der Waals surface area contributed by atoms with E-state index in [1.807, 2.05) is 4.90 Å². The third-order valence-electron chi connectivity index (χ3n) is 2.99. The number of nitrogens with zero attached hydrogens (tertiary/aromatic N) is 1. The normalized spacial score (nSPS) is 30.4. The Labute approximate surface area is 79.7 Å². The Morgan fingerprint density at radius 3 is 2.67 bits per heavy atom. The molecule has 0 N–H and O–H groups in total. The summed E-state index contributed by atoms with van der Waals surface area (Å²) in [7, 11) is 0. The first-order valence-electron chi connectivity index (χ1n) is 4.61. The first-order chi connectivity index (χ1) is 5.60. The molecule has 0 aromatic carbocycles. The molecule has 70 valence electrons. The van der Waals surface area contributed by atoms with Crippen LogP contribution in [0.4, 0.5) is 4.79 Å². The molecule has 1 amide bonds. The molecule has 1 aliphatic rings. The number of rotatable bonds is 1. The summed E-state index contributed by atoms with van der Waals surface area (Å²) in [5.74, 6) is 0. The number of carbonyl (C=O) groups is 1. The minimum Gasteiger partial charge on any atom is -0.328 e. The summed E-state index contributed by atoms with van der Waals surface area (Å²) in [5, 5.41) is -0.0703. The molecular weight excluding hydrogens is 170 g/mol. The Bertz CT molecular complexity index is 183. The van der Waals surface area contributed by atoms with Gasteiger partial charge in [0.05, 0.1) is 0 Å². The fourth-order valence-corrected chi connectivity index (χ4v) is 2.22. The van der Waals surface area contributed by atoms with Crippen LogP contribution in [0.2, 0.25) is 0 Å². The third-order valence-corrected chi connectivity index (χ3v) is 3.23. The average Bonchev–Trinajstić information content (AvgIpc) is 2.05. The van der Waals surface area contributed by atoms with Crippen LogP contribution in [0.3, 0.4) is 0 Å². The van der Waals surface area contributed by atoms with Gasteiger partial charge >= 0.3 is 0 Å². The lowest BCUT2D eigenvalue weighted by atomic mass is 9.87. The topological polar surface area (TPSA) is 20.3 Å². The zero-order valence-electron chi connectivity index (χ0n) is 7.84. The number of likely N-dealkylation sites (tertiary alicyclic amines) is 1. The van der Waals surface area contributed by atoms with Gasteiger partial charge in [-0.15, -0.1) is 0 Å². The summed E-state index contributed by atoms with van der Waals surface area (Å²) in [6, 6.07) is 0. The van der Waals surface area contributed by atoms with Gasteiger partial charge in [-0.25, -0.2) is 0 Å². The molecule has 1 aliphatic heterocycles. The molecule has 1 heterocycles. The van der Waals surface area contributed by atoms with E-state index in [9.17, 15) is 4.79 Å². The second-order valence-corrected chi connectivity index (χ2v) is 4.12. The van der Waals surface area contributed by atoms with Gasteiger partial charge in [-0.05, 0) is 32.6 Å². The molecule has 1 atom stereocenters. The summed E-state index contributed by atoms with van der Waals surface area (Å²) in [5.41, 5.74) is 0.0666. The molecule has 3 heteroatoms. The van der Waals surface area contributed by atoms with Crippen LogP contribution in [0.1, 0.15) is 39.5 Å². The number of thiol groups is 1. The monoisotopic (exact) mass is 187 g/mol. The van der Waals surface area contributed by atoms with Crippen LogP contribution in [-0.4, -0.2) is 22.2 Å². The summed E-state index contributed by atoms with van der Waals surface area (Å²) >= 11 is 3.90. The second-order valence-electron chi connectivity index (χ2n) is 3.74. The molecule has 0 bridgehead atoms. The predicted molar refractivity (Wildman–Crippen MR) is 53.6 cm³/mol. The van der Waals surface area contributed by atoms with Crippen LogP contribution in [0, 0.1) is 0 Å². The van der Waals surface area contributed by atoms with Crippen molar-refractivity contribution in [2.24, 2.45) is 0 Å². The van der Waals surface area contributed by atoms with Crippen molar-refractivity contribution in [1.82, 2.24) is 4.90 Å². The molecular formula is C9H17NOS. The van der Waals surface area contributed by atoms with E-state index in [-0.39, 0.29) is 10.8 Å². The van der Waals surface area contributed by atoms with Crippen LogP contribution in [-0.2, 0) is 0 Å². The lowest BCUT2D eigenvalue weighted by Crippen LogP contribution is -2.50. The maximum Gasteiger partial charge on any atom is 0.279 e. The zero-order valence-corrected chi connectivity index (χ0v) is 8.73. The molecule has 12 heavy (non-hydrogen) atoms. The molecule has 2 nitrogen and oxygen atoms in total. The first kappa shape index (κ1) is 9.90. The van der Waals surface area contributed by atoms with Crippen molar-refractivity contribution in [3.05, 3.63) is 0 Å². The number of hydrogen-bond acceptors (Lipinski definition) is 1. The Morgan fingerprint density at radius 2 is 2.25 bits per heavy atom. The third kappa shape index (κ3) is 1.76. The minimum absolute atomic E-state index is 0.0666. The first-order valence-corrected chi connectivity index (χ1v) is 5.05.